The normalized spacial score (nSPS) is 2.60. The van der Waals surface area contributed by atoms with E-state index in [0.29, 0.717) is 0 Å². The van der Waals surface area contributed by atoms with E-state index in [0.717, 1.165) is 0 Å². The molecule has 0 fully saturated rings. The number of rotatable bonds is 0. The fourth-order valence-electron chi connectivity index (χ4n) is 0. The summed E-state index contributed by atoms with van der Waals surface area (Å²) >= 11 is 4.74. The van der Waals surface area contributed by atoms with Crippen LogP contribution >= 0.6 is 45.3 Å². The topological polar surface area (TPSA) is 0 Å². The van der Waals surface area contributed by atoms with E-state index in [1.807, 2.05) is 0 Å². The fourth-order valence-corrected chi connectivity index (χ4v) is 0. The molecule has 0 aromatic rings. The third-order valence-electron chi connectivity index (χ3n) is 0. The molecule has 0 nitrogen and oxygen atoms in total. The van der Waals surface area contributed by atoms with E-state index in [9.17, 15) is 0 Å². The molecule has 0 spiro atoms. The van der Waals surface area contributed by atoms with Crippen molar-refractivity contribution < 1.29 is 0 Å². The van der Waals surface area contributed by atoms with Gasteiger partial charge in [0, 0.05) is 5.26 Å². The molecule has 0 rings (SSSR count). The van der Waals surface area contributed by atoms with Gasteiger partial charge in [-0.3, -0.25) is 0 Å². The van der Waals surface area contributed by atoms with Gasteiger partial charge < -0.3 is 0 Å². The summed E-state index contributed by atoms with van der Waals surface area (Å²) in [6.07, 6.45) is 0. The molecule has 0 aliphatic rings. The smallest absolute Gasteiger partial charge is 0.0362 e. The Hall–Kier alpha value is 1.04. The molecule has 0 saturated heterocycles. The van der Waals surface area contributed by atoms with Gasteiger partial charge >= 0.3 is 0 Å². The molecule has 5 heavy (non-hydrogen) atoms. The zero-order valence-corrected chi connectivity index (χ0v) is 5.50. The number of hydrogen-bond acceptors (Lipinski definition) is 0. The van der Waals surface area contributed by atoms with Crippen molar-refractivity contribution >= 4 is 50.5 Å². The Morgan fingerprint density at radius 1 is 1.40 bits per heavy atom. The maximum Gasteiger partial charge on any atom is 0.0362 e. The van der Waals surface area contributed by atoms with Crippen LogP contribution in [0.1, 0.15) is 0 Å². The molecule has 0 aliphatic carbocycles. The molecular formula is CH3Cl3P. The zero-order valence-electron chi connectivity index (χ0n) is 2.22. The van der Waals surface area contributed by atoms with Crippen LogP contribution in [0.5, 0.6) is 0 Å². The zero-order chi connectivity index (χ0) is 2.71. The maximum absolute atomic E-state index is 4.74. The van der Waals surface area contributed by atoms with Gasteiger partial charge in [-0.05, 0) is 8.86 Å². The van der Waals surface area contributed by atoms with Crippen molar-refractivity contribution in [1.82, 2.24) is 0 Å². The summed E-state index contributed by atoms with van der Waals surface area (Å²) in [4.78, 5) is 0. The molecule has 0 aromatic carbocycles. The third kappa shape index (κ3) is 43.1. The van der Waals surface area contributed by atoms with Gasteiger partial charge in [0.2, 0.25) is 0 Å². The van der Waals surface area contributed by atoms with Crippen LogP contribution in [0.2, 0.25) is 0 Å². The summed E-state index contributed by atoms with van der Waals surface area (Å²) in [5.41, 5.74) is 0. The average Bonchev–Trinajstić information content (AvgIpc) is 0.918. The molecule has 0 amide bonds. The van der Waals surface area contributed by atoms with E-state index >= 15 is 0 Å². The lowest BCUT2D eigenvalue weighted by molar-refractivity contribution is 4.21. The highest BCUT2D eigenvalue weighted by Gasteiger charge is 1.21. The van der Waals surface area contributed by atoms with Crippen molar-refractivity contribution in [2.75, 3.05) is 0 Å². The molecule has 33 valence electrons. The first-order chi connectivity index (χ1) is 1.41. The fraction of sp³-hybridized carbons (Fsp3) is 0. The monoisotopic (exact) mass is 151 g/mol. The summed E-state index contributed by atoms with van der Waals surface area (Å²) in [6, 6.07) is 0. The first kappa shape index (κ1) is 16.6. The van der Waals surface area contributed by atoms with Crippen LogP contribution < -0.4 is 0 Å². The van der Waals surface area contributed by atoms with Crippen molar-refractivity contribution in [3.05, 3.63) is 0 Å². The van der Waals surface area contributed by atoms with E-state index < -0.39 is 0 Å². The van der Waals surface area contributed by atoms with Gasteiger partial charge in [0.1, 0.15) is 0 Å². The quantitative estimate of drug-likeness (QED) is 0.467. The van der Waals surface area contributed by atoms with Crippen molar-refractivity contribution in [3.63, 3.8) is 0 Å². The van der Waals surface area contributed by atoms with Crippen LogP contribution in [0, 0.1) is 0 Å². The van der Waals surface area contributed by atoms with Crippen LogP contribution in [0.4, 0.5) is 0 Å². The van der Waals surface area contributed by atoms with Gasteiger partial charge in [0.05, 0.1) is 0 Å². The molecule has 0 bridgehead atoms. The number of hydrogen-bond donors (Lipinski definition) is 0. The lowest BCUT2D eigenvalue weighted by Crippen LogP contribution is -1.09. The minimum atomic E-state index is 0. The van der Waals surface area contributed by atoms with Crippen LogP contribution in [-0.2, 0) is 0 Å². The molecule has 0 unspecified atom stereocenters. The van der Waals surface area contributed by atoms with Crippen LogP contribution in [0.25, 0.3) is 0 Å². The molecule has 0 saturated carbocycles. The minimum Gasteiger partial charge on any atom is -0.147 e. The molecule has 0 atom stereocenters. The van der Waals surface area contributed by atoms with E-state index in [4.69, 9.17) is 11.6 Å². The number of halogens is 3. The van der Waals surface area contributed by atoms with Crippen molar-refractivity contribution in [2.24, 2.45) is 0 Å². The molecule has 1 radical (unpaired) electrons. The third-order valence-corrected chi connectivity index (χ3v) is 0. The lowest BCUT2D eigenvalue weighted by atomic mass is 11.9. The van der Waals surface area contributed by atoms with Crippen molar-refractivity contribution in [3.8, 4) is 0 Å². The SMILES string of the molecule is Cl.Cl.[P]=CCl. The van der Waals surface area contributed by atoms with Crippen molar-refractivity contribution in [1.29, 1.82) is 0 Å². The second kappa shape index (κ2) is 19.8. The Balaban J connectivity index is -0.0000000200. The highest BCUT2D eigenvalue weighted by molar-refractivity contribution is 7.25. The van der Waals surface area contributed by atoms with E-state index in [-0.39, 0.29) is 24.8 Å². The Morgan fingerprint density at radius 3 is 1.40 bits per heavy atom. The van der Waals surface area contributed by atoms with E-state index in [2.05, 4.69) is 8.86 Å². The average molecular weight is 152 g/mol. The van der Waals surface area contributed by atoms with Gasteiger partial charge in [-0.25, -0.2) is 0 Å². The lowest BCUT2D eigenvalue weighted by Gasteiger charge is -1.24. The summed E-state index contributed by atoms with van der Waals surface area (Å²) in [5.74, 6) is 0. The second-order valence-corrected chi connectivity index (χ2v) is 0.878. The van der Waals surface area contributed by atoms with Crippen LogP contribution in [0.15, 0.2) is 0 Å². The van der Waals surface area contributed by atoms with Gasteiger partial charge in [-0.1, -0.05) is 11.6 Å². The summed E-state index contributed by atoms with van der Waals surface area (Å²) in [6.45, 7) is 0. The van der Waals surface area contributed by atoms with E-state index in [1.165, 1.54) is 5.26 Å². The first-order valence-electron chi connectivity index (χ1n) is 0.476. The highest BCUT2D eigenvalue weighted by Crippen LogP contribution is 1.57. The van der Waals surface area contributed by atoms with Gasteiger partial charge in [0.25, 0.3) is 0 Å². The second-order valence-electron chi connectivity index (χ2n) is 0.0976. The first-order valence-corrected chi connectivity index (χ1v) is 1.43. The largest absolute Gasteiger partial charge is 0.147 e. The molecule has 0 aromatic heterocycles. The predicted octanol–water partition coefficient (Wildman–Crippen LogP) is 2.24. The summed E-state index contributed by atoms with van der Waals surface area (Å²) in [5, 5.41) is 1.17. The standard InChI is InChI=1S/CHClP.2ClH/c2-1-3;;/h1H;2*1H. The molecule has 0 aliphatic heterocycles. The predicted molar refractivity (Wildman–Crippen MR) is 33.3 cm³/mol. The van der Waals surface area contributed by atoms with Gasteiger partial charge in [-0.15, -0.1) is 24.8 Å². The maximum atomic E-state index is 4.74. The summed E-state index contributed by atoms with van der Waals surface area (Å²) in [7, 11) is 3.43. The van der Waals surface area contributed by atoms with Gasteiger partial charge in [-0.2, -0.15) is 0 Å². The molecule has 0 heterocycles. The molecule has 4 heteroatoms. The Kier molecular flexibility index (Phi) is 65.6. The Bertz CT molecular complexity index is 14.4. The van der Waals surface area contributed by atoms with Crippen LogP contribution in [0.3, 0.4) is 0 Å². The minimum absolute atomic E-state index is 0. The summed E-state index contributed by atoms with van der Waals surface area (Å²) < 4.78 is 0. The Morgan fingerprint density at radius 2 is 1.40 bits per heavy atom. The van der Waals surface area contributed by atoms with Crippen molar-refractivity contribution in [2.45, 2.75) is 0 Å². The van der Waals surface area contributed by atoms with Crippen LogP contribution in [-0.4, -0.2) is 5.26 Å². The molecule has 0 N–H and O–H groups in total. The Labute approximate surface area is 50.9 Å². The highest BCUT2D eigenvalue weighted by atomic mass is 35.5. The van der Waals surface area contributed by atoms with E-state index in [1.54, 1.807) is 0 Å². The molecular weight excluding hydrogens is 149 g/mol. The van der Waals surface area contributed by atoms with Gasteiger partial charge in [0.15, 0.2) is 0 Å².